The Kier molecular flexibility index (Phi) is 4.11. The zero-order valence-electron chi connectivity index (χ0n) is 8.74. The van der Waals surface area contributed by atoms with E-state index >= 15 is 0 Å². The highest BCUT2D eigenvalue weighted by molar-refractivity contribution is 5.97. The summed E-state index contributed by atoms with van der Waals surface area (Å²) in [6.07, 6.45) is -0.353. The molecule has 1 rings (SSSR count). The first kappa shape index (κ1) is 13.0. The van der Waals surface area contributed by atoms with Gasteiger partial charge in [0.15, 0.2) is 0 Å². The SMILES string of the molecule is NC(=O)CC(N)C(=O)Nc1ccc(F)cc1F. The molecule has 7 heteroatoms. The van der Waals surface area contributed by atoms with Crippen LogP contribution in [0.15, 0.2) is 18.2 Å². The second kappa shape index (κ2) is 5.35. The number of amides is 2. The molecule has 0 fully saturated rings. The molecule has 0 aliphatic rings. The Labute approximate surface area is 95.8 Å². The summed E-state index contributed by atoms with van der Waals surface area (Å²) in [7, 11) is 0. The third kappa shape index (κ3) is 3.80. The van der Waals surface area contributed by atoms with Crippen molar-refractivity contribution in [3.05, 3.63) is 29.8 Å². The molecule has 5 nitrogen and oxygen atoms in total. The summed E-state index contributed by atoms with van der Waals surface area (Å²) in [6, 6.07) is 1.49. The van der Waals surface area contributed by atoms with E-state index in [2.05, 4.69) is 5.32 Å². The monoisotopic (exact) mass is 243 g/mol. The molecule has 0 bridgehead atoms. The lowest BCUT2D eigenvalue weighted by molar-refractivity contribution is -0.123. The van der Waals surface area contributed by atoms with Crippen LogP contribution in [0.3, 0.4) is 0 Å². The normalized spacial score (nSPS) is 11.9. The molecule has 92 valence electrons. The summed E-state index contributed by atoms with van der Waals surface area (Å²) >= 11 is 0. The number of hydrogen-bond donors (Lipinski definition) is 3. The summed E-state index contributed by atoms with van der Waals surface area (Å²) in [5.41, 5.74) is 9.98. The highest BCUT2D eigenvalue weighted by Crippen LogP contribution is 2.15. The number of hydrogen-bond acceptors (Lipinski definition) is 3. The van der Waals surface area contributed by atoms with E-state index < -0.39 is 29.5 Å². The highest BCUT2D eigenvalue weighted by Gasteiger charge is 2.17. The van der Waals surface area contributed by atoms with Crippen molar-refractivity contribution in [1.29, 1.82) is 0 Å². The summed E-state index contributed by atoms with van der Waals surface area (Å²) in [5, 5.41) is 2.13. The molecular weight excluding hydrogens is 232 g/mol. The number of benzene rings is 1. The van der Waals surface area contributed by atoms with Crippen LogP contribution in [0.2, 0.25) is 0 Å². The number of primary amides is 1. The Morgan fingerprint density at radius 1 is 1.35 bits per heavy atom. The van der Waals surface area contributed by atoms with E-state index in [-0.39, 0.29) is 12.1 Å². The number of carbonyl (C=O) groups is 2. The molecule has 1 unspecified atom stereocenters. The Morgan fingerprint density at radius 3 is 2.53 bits per heavy atom. The van der Waals surface area contributed by atoms with Gasteiger partial charge in [0.1, 0.15) is 11.6 Å². The molecule has 2 amide bonds. The van der Waals surface area contributed by atoms with E-state index in [9.17, 15) is 18.4 Å². The maximum Gasteiger partial charge on any atom is 0.241 e. The van der Waals surface area contributed by atoms with Crippen molar-refractivity contribution in [1.82, 2.24) is 0 Å². The van der Waals surface area contributed by atoms with Crippen LogP contribution in [0.25, 0.3) is 0 Å². The van der Waals surface area contributed by atoms with E-state index in [1.54, 1.807) is 0 Å². The van der Waals surface area contributed by atoms with E-state index in [1.807, 2.05) is 0 Å². The lowest BCUT2D eigenvalue weighted by atomic mass is 10.2. The summed E-state index contributed by atoms with van der Waals surface area (Å²) in [4.78, 5) is 21.9. The van der Waals surface area contributed by atoms with Crippen molar-refractivity contribution in [2.45, 2.75) is 12.5 Å². The minimum Gasteiger partial charge on any atom is -0.370 e. The minimum absolute atomic E-state index is 0.212. The molecule has 0 aromatic heterocycles. The molecular formula is C10H11F2N3O2. The van der Waals surface area contributed by atoms with Gasteiger partial charge in [-0.15, -0.1) is 0 Å². The highest BCUT2D eigenvalue weighted by atomic mass is 19.1. The van der Waals surface area contributed by atoms with Crippen LogP contribution in [-0.4, -0.2) is 17.9 Å². The van der Waals surface area contributed by atoms with Crippen LogP contribution in [0.1, 0.15) is 6.42 Å². The fourth-order valence-electron chi connectivity index (χ4n) is 1.13. The van der Waals surface area contributed by atoms with Gasteiger partial charge in [0.25, 0.3) is 0 Å². The zero-order chi connectivity index (χ0) is 13.0. The van der Waals surface area contributed by atoms with Crippen LogP contribution >= 0.6 is 0 Å². The van der Waals surface area contributed by atoms with E-state index in [1.165, 1.54) is 0 Å². The molecule has 1 aromatic carbocycles. The van der Waals surface area contributed by atoms with Gasteiger partial charge in [-0.25, -0.2) is 8.78 Å². The summed E-state index contributed by atoms with van der Waals surface area (Å²) < 4.78 is 25.7. The van der Waals surface area contributed by atoms with Gasteiger partial charge >= 0.3 is 0 Å². The average Bonchev–Trinajstić information content (AvgIpc) is 2.21. The minimum atomic E-state index is -1.17. The fourth-order valence-corrected chi connectivity index (χ4v) is 1.13. The number of nitrogens with one attached hydrogen (secondary N) is 1. The first-order valence-corrected chi connectivity index (χ1v) is 4.70. The molecule has 0 aliphatic carbocycles. The van der Waals surface area contributed by atoms with Crippen LogP contribution < -0.4 is 16.8 Å². The first-order chi connectivity index (χ1) is 7.90. The van der Waals surface area contributed by atoms with Gasteiger partial charge < -0.3 is 16.8 Å². The number of carbonyl (C=O) groups excluding carboxylic acids is 2. The molecule has 0 saturated carbocycles. The molecule has 1 aromatic rings. The van der Waals surface area contributed by atoms with Crippen LogP contribution in [-0.2, 0) is 9.59 Å². The van der Waals surface area contributed by atoms with Gasteiger partial charge in [0, 0.05) is 6.07 Å². The van der Waals surface area contributed by atoms with Crippen molar-refractivity contribution >= 4 is 17.5 Å². The molecule has 5 N–H and O–H groups in total. The van der Waals surface area contributed by atoms with E-state index in [0.29, 0.717) is 6.07 Å². The lowest BCUT2D eigenvalue weighted by Crippen LogP contribution is -2.39. The zero-order valence-corrected chi connectivity index (χ0v) is 8.74. The Bertz CT molecular complexity index is 451. The molecule has 0 spiro atoms. The fraction of sp³-hybridized carbons (Fsp3) is 0.200. The Hall–Kier alpha value is -2.02. The Morgan fingerprint density at radius 2 is 2.00 bits per heavy atom. The molecule has 0 heterocycles. The van der Waals surface area contributed by atoms with Gasteiger partial charge in [0.2, 0.25) is 11.8 Å². The lowest BCUT2D eigenvalue weighted by Gasteiger charge is -2.11. The second-order valence-electron chi connectivity index (χ2n) is 3.39. The summed E-state index contributed by atoms with van der Waals surface area (Å²) in [6.45, 7) is 0. The van der Waals surface area contributed by atoms with Crippen LogP contribution in [0.5, 0.6) is 0 Å². The molecule has 17 heavy (non-hydrogen) atoms. The second-order valence-corrected chi connectivity index (χ2v) is 3.39. The predicted octanol–water partition coefficient (Wildman–Crippen LogP) is 0.106. The topological polar surface area (TPSA) is 98.2 Å². The molecule has 0 aliphatic heterocycles. The predicted molar refractivity (Wildman–Crippen MR) is 56.8 cm³/mol. The van der Waals surface area contributed by atoms with Crippen molar-refractivity contribution in [2.24, 2.45) is 11.5 Å². The number of anilines is 1. The quantitative estimate of drug-likeness (QED) is 0.699. The number of rotatable bonds is 4. The van der Waals surface area contributed by atoms with Crippen molar-refractivity contribution in [3.8, 4) is 0 Å². The van der Waals surface area contributed by atoms with Crippen LogP contribution in [0.4, 0.5) is 14.5 Å². The van der Waals surface area contributed by atoms with Gasteiger partial charge in [0.05, 0.1) is 18.2 Å². The third-order valence-corrected chi connectivity index (χ3v) is 1.95. The van der Waals surface area contributed by atoms with Gasteiger partial charge in [-0.2, -0.15) is 0 Å². The van der Waals surface area contributed by atoms with Gasteiger partial charge in [-0.05, 0) is 12.1 Å². The van der Waals surface area contributed by atoms with Crippen LogP contribution in [0, 0.1) is 11.6 Å². The maximum atomic E-state index is 13.1. The largest absolute Gasteiger partial charge is 0.370 e. The number of halogens is 2. The van der Waals surface area contributed by atoms with Crippen molar-refractivity contribution in [3.63, 3.8) is 0 Å². The maximum absolute atomic E-state index is 13.1. The summed E-state index contributed by atoms with van der Waals surface area (Å²) in [5.74, 6) is -3.20. The average molecular weight is 243 g/mol. The van der Waals surface area contributed by atoms with Crippen molar-refractivity contribution in [2.75, 3.05) is 5.32 Å². The standard InChI is InChI=1S/C10H11F2N3O2/c11-5-1-2-8(6(12)3-5)15-10(17)7(13)4-9(14)16/h1-3,7H,4,13H2,(H2,14,16)(H,15,17). The number of nitrogens with two attached hydrogens (primary N) is 2. The smallest absolute Gasteiger partial charge is 0.241 e. The van der Waals surface area contributed by atoms with Gasteiger partial charge in [-0.1, -0.05) is 0 Å². The molecule has 0 radical (unpaired) electrons. The molecule has 1 atom stereocenters. The molecule has 0 saturated heterocycles. The van der Waals surface area contributed by atoms with E-state index in [0.717, 1.165) is 12.1 Å². The third-order valence-electron chi connectivity index (χ3n) is 1.95. The van der Waals surface area contributed by atoms with E-state index in [4.69, 9.17) is 11.5 Å². The van der Waals surface area contributed by atoms with Gasteiger partial charge in [-0.3, -0.25) is 9.59 Å². The first-order valence-electron chi connectivity index (χ1n) is 4.70. The van der Waals surface area contributed by atoms with Crippen molar-refractivity contribution < 1.29 is 18.4 Å². The Balaban J connectivity index is 2.71.